The summed E-state index contributed by atoms with van der Waals surface area (Å²) >= 11 is 0. The Kier molecular flexibility index (Phi) is 12.7. The molecule has 1 aliphatic rings. The SMILES string of the molecule is CCCCCCCn1c[n+](CCCCCCC)cc1C[C@H](NC(=O)OCC1c2ccccc2-c2ccccc21)C(=O)OC. The minimum Gasteiger partial charge on any atom is -0.467 e. The van der Waals surface area contributed by atoms with E-state index in [0.29, 0.717) is 6.42 Å². The van der Waals surface area contributed by atoms with Crippen molar-refractivity contribution >= 4 is 12.1 Å². The average molecular weight is 589 g/mol. The molecule has 0 fully saturated rings. The van der Waals surface area contributed by atoms with Crippen molar-refractivity contribution in [3.8, 4) is 11.1 Å². The van der Waals surface area contributed by atoms with Crippen LogP contribution in [0.2, 0.25) is 0 Å². The molecule has 0 radical (unpaired) electrons. The van der Waals surface area contributed by atoms with Gasteiger partial charge in [-0.15, -0.1) is 0 Å². The Hall–Kier alpha value is -3.61. The number of hydrogen-bond acceptors (Lipinski definition) is 4. The van der Waals surface area contributed by atoms with Gasteiger partial charge in [0.2, 0.25) is 6.33 Å². The number of benzene rings is 2. The van der Waals surface area contributed by atoms with Crippen LogP contribution in [0.4, 0.5) is 4.79 Å². The fourth-order valence-electron chi connectivity index (χ4n) is 6.16. The van der Waals surface area contributed by atoms with Crippen LogP contribution in [0.3, 0.4) is 0 Å². The Morgan fingerprint density at radius 3 is 2.09 bits per heavy atom. The number of unbranched alkanes of at least 4 members (excludes halogenated alkanes) is 8. The van der Waals surface area contributed by atoms with Gasteiger partial charge < -0.3 is 14.8 Å². The number of carbonyl (C=O) groups is 2. The van der Waals surface area contributed by atoms with Gasteiger partial charge in [0.1, 0.15) is 24.5 Å². The predicted octanol–water partition coefficient (Wildman–Crippen LogP) is 7.34. The topological polar surface area (TPSA) is 73.4 Å². The highest BCUT2D eigenvalue weighted by Crippen LogP contribution is 2.44. The molecule has 4 rings (SSSR count). The number of imidazole rings is 1. The van der Waals surface area contributed by atoms with Crippen molar-refractivity contribution in [1.82, 2.24) is 9.88 Å². The molecule has 1 atom stereocenters. The molecule has 0 spiro atoms. The smallest absolute Gasteiger partial charge is 0.407 e. The molecule has 1 aromatic heterocycles. The first kappa shape index (κ1) is 32.3. The fourth-order valence-corrected chi connectivity index (χ4v) is 6.16. The Bertz CT molecular complexity index is 1270. The molecule has 7 heteroatoms. The maximum absolute atomic E-state index is 13.1. The first-order valence-corrected chi connectivity index (χ1v) is 16.3. The normalized spacial score (nSPS) is 12.9. The molecule has 1 heterocycles. The van der Waals surface area contributed by atoms with Gasteiger partial charge in [-0.1, -0.05) is 101 Å². The van der Waals surface area contributed by atoms with Gasteiger partial charge in [-0.3, -0.25) is 0 Å². The molecule has 3 aromatic rings. The molecule has 0 saturated carbocycles. The molecule has 232 valence electrons. The van der Waals surface area contributed by atoms with Crippen LogP contribution < -0.4 is 9.88 Å². The van der Waals surface area contributed by atoms with Crippen molar-refractivity contribution in [3.05, 3.63) is 77.9 Å². The third-order valence-corrected chi connectivity index (χ3v) is 8.53. The first-order valence-electron chi connectivity index (χ1n) is 16.3. The van der Waals surface area contributed by atoms with Gasteiger partial charge in [0.25, 0.3) is 0 Å². The number of amides is 1. The molecule has 1 N–H and O–H groups in total. The molecule has 0 saturated heterocycles. The van der Waals surface area contributed by atoms with Crippen molar-refractivity contribution in [2.24, 2.45) is 0 Å². The highest BCUT2D eigenvalue weighted by Gasteiger charge is 2.31. The second-order valence-electron chi connectivity index (χ2n) is 11.7. The Balaban J connectivity index is 1.41. The minimum atomic E-state index is -0.840. The lowest BCUT2D eigenvalue weighted by molar-refractivity contribution is -0.697. The molecular formula is C36H50N3O4+. The second kappa shape index (κ2) is 16.9. The molecule has 7 nitrogen and oxygen atoms in total. The number of ether oxygens (including phenoxy) is 2. The van der Waals surface area contributed by atoms with E-state index in [9.17, 15) is 9.59 Å². The molecule has 43 heavy (non-hydrogen) atoms. The number of hydrogen-bond donors (Lipinski definition) is 1. The largest absolute Gasteiger partial charge is 0.467 e. The fraction of sp³-hybridized carbons (Fsp3) is 0.528. The van der Waals surface area contributed by atoms with Crippen LogP contribution >= 0.6 is 0 Å². The van der Waals surface area contributed by atoms with E-state index in [1.165, 1.54) is 69.6 Å². The van der Waals surface area contributed by atoms with E-state index in [4.69, 9.17) is 9.47 Å². The molecule has 0 aliphatic heterocycles. The summed E-state index contributed by atoms with van der Waals surface area (Å²) in [5.41, 5.74) is 5.66. The zero-order valence-electron chi connectivity index (χ0n) is 26.4. The lowest BCUT2D eigenvalue weighted by Crippen LogP contribution is -2.44. The van der Waals surface area contributed by atoms with E-state index in [0.717, 1.165) is 42.8 Å². The summed E-state index contributed by atoms with van der Waals surface area (Å²) in [6, 6.07) is 15.7. The van der Waals surface area contributed by atoms with Crippen LogP contribution in [0.15, 0.2) is 61.1 Å². The van der Waals surface area contributed by atoms with Gasteiger partial charge in [0.05, 0.1) is 20.2 Å². The zero-order valence-corrected chi connectivity index (χ0v) is 26.4. The van der Waals surface area contributed by atoms with Gasteiger partial charge >= 0.3 is 12.1 Å². The predicted molar refractivity (Wildman–Crippen MR) is 170 cm³/mol. The maximum atomic E-state index is 13.1. The number of rotatable bonds is 18. The number of nitrogens with one attached hydrogen (secondary N) is 1. The summed E-state index contributed by atoms with van der Waals surface area (Å²) in [6.45, 7) is 6.49. The summed E-state index contributed by atoms with van der Waals surface area (Å²) < 4.78 is 15.3. The molecule has 2 aromatic carbocycles. The quantitative estimate of drug-likeness (QED) is 0.0959. The molecule has 1 amide bonds. The highest BCUT2D eigenvalue weighted by molar-refractivity contribution is 5.82. The zero-order chi connectivity index (χ0) is 30.4. The van der Waals surface area contributed by atoms with Crippen molar-refractivity contribution in [1.29, 1.82) is 0 Å². The van der Waals surface area contributed by atoms with Gasteiger partial charge in [0.15, 0.2) is 0 Å². The van der Waals surface area contributed by atoms with Gasteiger partial charge in [-0.2, -0.15) is 0 Å². The third-order valence-electron chi connectivity index (χ3n) is 8.53. The molecule has 0 unspecified atom stereocenters. The van der Waals surface area contributed by atoms with Crippen molar-refractivity contribution in [2.75, 3.05) is 13.7 Å². The van der Waals surface area contributed by atoms with Gasteiger partial charge in [-0.05, 0) is 47.9 Å². The number of alkyl carbamates (subject to hydrolysis) is 1. The Morgan fingerprint density at radius 2 is 1.47 bits per heavy atom. The van der Waals surface area contributed by atoms with Crippen molar-refractivity contribution < 1.29 is 23.6 Å². The number of carbonyl (C=O) groups excluding carboxylic acids is 2. The van der Waals surface area contributed by atoms with Gasteiger partial charge in [0, 0.05) is 12.3 Å². The lowest BCUT2D eigenvalue weighted by atomic mass is 9.98. The molecule has 0 bridgehead atoms. The van der Waals surface area contributed by atoms with E-state index >= 15 is 0 Å². The van der Waals surface area contributed by atoms with Crippen LogP contribution in [0.25, 0.3) is 11.1 Å². The first-order chi connectivity index (χ1) is 21.0. The average Bonchev–Trinajstić information content (AvgIpc) is 3.56. The summed E-state index contributed by atoms with van der Waals surface area (Å²) in [4.78, 5) is 25.9. The van der Waals surface area contributed by atoms with Crippen molar-refractivity contribution in [3.63, 3.8) is 0 Å². The van der Waals surface area contributed by atoms with Crippen LogP contribution in [0, 0.1) is 0 Å². The molecular weight excluding hydrogens is 538 g/mol. The summed E-state index contributed by atoms with van der Waals surface area (Å²) in [5, 5.41) is 2.82. The third kappa shape index (κ3) is 8.94. The van der Waals surface area contributed by atoms with E-state index in [1.807, 2.05) is 24.3 Å². The number of methoxy groups -OCH3 is 1. The van der Waals surface area contributed by atoms with E-state index in [1.54, 1.807) is 0 Å². The van der Waals surface area contributed by atoms with E-state index in [-0.39, 0.29) is 12.5 Å². The number of esters is 1. The van der Waals surface area contributed by atoms with Crippen LogP contribution in [0.5, 0.6) is 0 Å². The molecule has 1 aliphatic carbocycles. The maximum Gasteiger partial charge on any atom is 0.407 e. The summed E-state index contributed by atoms with van der Waals surface area (Å²) in [5.74, 6) is -0.522. The van der Waals surface area contributed by atoms with Crippen molar-refractivity contribution in [2.45, 2.75) is 110 Å². The number of aryl methyl sites for hydroxylation is 2. The van der Waals surface area contributed by atoms with Crippen LogP contribution in [-0.4, -0.2) is 36.4 Å². The van der Waals surface area contributed by atoms with E-state index < -0.39 is 18.1 Å². The Morgan fingerprint density at radius 1 is 0.860 bits per heavy atom. The second-order valence-corrected chi connectivity index (χ2v) is 11.7. The number of fused-ring (bicyclic) bond motifs is 3. The van der Waals surface area contributed by atoms with Crippen LogP contribution in [0.1, 0.15) is 101 Å². The Labute approximate surface area is 257 Å². The summed E-state index contributed by atoms with van der Waals surface area (Å²) in [6.07, 6.45) is 16.1. The standard InChI is InChI=1S/C36H49N3O4/c1-4-6-8-10-16-22-38-25-28(39(27-38)23-17-11-9-7-5-2)24-34(35(40)42-3)37-36(41)43-26-33-31-20-14-12-18-29(31)30-19-13-15-21-32(30)33/h12-15,18-21,25,27,33-34H,4-11,16-17,22-24,26H2,1-3H3/p+1/t34-/m0/s1. The monoisotopic (exact) mass is 588 g/mol. The van der Waals surface area contributed by atoms with E-state index in [2.05, 4.69) is 65.1 Å². The number of nitrogens with zero attached hydrogens (tertiary/aromatic N) is 2. The highest BCUT2D eigenvalue weighted by atomic mass is 16.6. The lowest BCUT2D eigenvalue weighted by Gasteiger charge is -2.18. The van der Waals surface area contributed by atoms with Crippen LogP contribution in [-0.2, 0) is 33.8 Å². The van der Waals surface area contributed by atoms with Gasteiger partial charge in [-0.25, -0.2) is 18.7 Å². The number of aromatic nitrogens is 2. The minimum absolute atomic E-state index is 0.0454. The summed E-state index contributed by atoms with van der Waals surface area (Å²) in [7, 11) is 1.36.